The van der Waals surface area contributed by atoms with Gasteiger partial charge in [0, 0.05) is 17.0 Å². The van der Waals surface area contributed by atoms with Crippen molar-refractivity contribution in [3.05, 3.63) is 28.5 Å². The molecule has 0 aliphatic rings. The highest BCUT2D eigenvalue weighted by atomic mass is 79.9. The van der Waals surface area contributed by atoms with E-state index in [1.165, 1.54) is 12.1 Å². The van der Waals surface area contributed by atoms with E-state index in [4.69, 9.17) is 10.6 Å². The molecule has 0 saturated heterocycles. The first-order chi connectivity index (χ1) is 8.01. The molecular formula is C11H14BrFN2O2. The summed E-state index contributed by atoms with van der Waals surface area (Å²) in [6.07, 6.45) is 0.590. The molecule has 1 atom stereocenters. The lowest BCUT2D eigenvalue weighted by atomic mass is 10.2. The molecule has 17 heavy (non-hydrogen) atoms. The van der Waals surface area contributed by atoms with Crippen LogP contribution in [-0.4, -0.2) is 12.0 Å². The van der Waals surface area contributed by atoms with Gasteiger partial charge in [0.05, 0.1) is 6.10 Å². The molecule has 1 rings (SSSR count). The van der Waals surface area contributed by atoms with Gasteiger partial charge in [0.1, 0.15) is 11.6 Å². The van der Waals surface area contributed by atoms with Gasteiger partial charge in [0.2, 0.25) is 5.91 Å². The molecule has 94 valence electrons. The Morgan fingerprint density at radius 1 is 1.59 bits per heavy atom. The molecule has 0 heterocycles. The molecule has 0 aromatic heterocycles. The first-order valence-electron chi connectivity index (χ1n) is 5.13. The average molecular weight is 305 g/mol. The largest absolute Gasteiger partial charge is 0.491 e. The van der Waals surface area contributed by atoms with E-state index in [0.717, 1.165) is 0 Å². The molecule has 0 saturated carbocycles. The Bertz CT molecular complexity index is 381. The summed E-state index contributed by atoms with van der Waals surface area (Å²) in [5, 5.41) is 0. The summed E-state index contributed by atoms with van der Waals surface area (Å²) < 4.78 is 19.1. The maximum Gasteiger partial charge on any atom is 0.234 e. The van der Waals surface area contributed by atoms with Crippen molar-refractivity contribution in [1.82, 2.24) is 5.43 Å². The van der Waals surface area contributed by atoms with E-state index < -0.39 is 0 Å². The van der Waals surface area contributed by atoms with Gasteiger partial charge >= 0.3 is 0 Å². The minimum absolute atomic E-state index is 0.194. The second-order valence-corrected chi connectivity index (χ2v) is 4.56. The number of nitrogens with one attached hydrogen (secondary N) is 1. The van der Waals surface area contributed by atoms with Crippen molar-refractivity contribution in [3.8, 4) is 5.75 Å². The first-order valence-corrected chi connectivity index (χ1v) is 5.92. The van der Waals surface area contributed by atoms with Gasteiger partial charge in [0.25, 0.3) is 0 Å². The van der Waals surface area contributed by atoms with Gasteiger partial charge in [-0.05, 0) is 25.5 Å². The van der Waals surface area contributed by atoms with Crippen molar-refractivity contribution < 1.29 is 13.9 Å². The van der Waals surface area contributed by atoms with Crippen molar-refractivity contribution in [3.63, 3.8) is 0 Å². The van der Waals surface area contributed by atoms with Gasteiger partial charge in [0.15, 0.2) is 0 Å². The minimum Gasteiger partial charge on any atom is -0.491 e. The molecular weight excluding hydrogens is 291 g/mol. The van der Waals surface area contributed by atoms with E-state index in [2.05, 4.69) is 15.9 Å². The average Bonchev–Trinajstić information content (AvgIpc) is 2.24. The zero-order valence-electron chi connectivity index (χ0n) is 9.37. The van der Waals surface area contributed by atoms with Gasteiger partial charge in [-0.2, -0.15) is 0 Å². The molecule has 6 heteroatoms. The molecule has 0 spiro atoms. The smallest absolute Gasteiger partial charge is 0.234 e. The normalized spacial score (nSPS) is 12.0. The highest BCUT2D eigenvalue weighted by Crippen LogP contribution is 2.22. The maximum atomic E-state index is 13.1. The van der Waals surface area contributed by atoms with Gasteiger partial charge in [-0.3, -0.25) is 10.2 Å². The van der Waals surface area contributed by atoms with E-state index in [-0.39, 0.29) is 24.2 Å². The zero-order chi connectivity index (χ0) is 12.8. The third kappa shape index (κ3) is 5.14. The quantitative estimate of drug-likeness (QED) is 0.497. The molecule has 1 unspecified atom stereocenters. The Morgan fingerprint density at radius 3 is 2.88 bits per heavy atom. The number of benzene rings is 1. The van der Waals surface area contributed by atoms with Crippen LogP contribution in [0.5, 0.6) is 5.75 Å². The topological polar surface area (TPSA) is 64.4 Å². The van der Waals surface area contributed by atoms with Crippen molar-refractivity contribution in [2.75, 3.05) is 0 Å². The summed E-state index contributed by atoms with van der Waals surface area (Å²) in [6, 6.07) is 4.31. The van der Waals surface area contributed by atoms with Gasteiger partial charge < -0.3 is 4.74 Å². The molecule has 3 N–H and O–H groups in total. The second kappa shape index (κ2) is 6.56. The van der Waals surface area contributed by atoms with Crippen molar-refractivity contribution in [2.24, 2.45) is 5.84 Å². The number of hydrogen-bond donors (Lipinski definition) is 2. The van der Waals surface area contributed by atoms with E-state index in [0.29, 0.717) is 16.6 Å². The Hall–Kier alpha value is -1.14. The molecule has 4 nitrogen and oxygen atoms in total. The zero-order valence-corrected chi connectivity index (χ0v) is 11.0. The number of carbonyl (C=O) groups excluding carboxylic acids is 1. The van der Waals surface area contributed by atoms with Crippen LogP contribution < -0.4 is 16.0 Å². The van der Waals surface area contributed by atoms with Crippen molar-refractivity contribution in [1.29, 1.82) is 0 Å². The number of ether oxygens (including phenoxy) is 1. The summed E-state index contributed by atoms with van der Waals surface area (Å²) in [6.45, 7) is 1.81. The highest BCUT2D eigenvalue weighted by Gasteiger charge is 2.08. The summed E-state index contributed by atoms with van der Waals surface area (Å²) in [5.41, 5.74) is 2.04. The van der Waals surface area contributed by atoms with Crippen LogP contribution in [0.2, 0.25) is 0 Å². The molecule has 0 fully saturated rings. The molecule has 1 aromatic carbocycles. The van der Waals surface area contributed by atoms with E-state index >= 15 is 0 Å². The summed E-state index contributed by atoms with van der Waals surface area (Å²) in [7, 11) is 0. The first kappa shape index (κ1) is 13.9. The third-order valence-electron chi connectivity index (χ3n) is 2.11. The van der Waals surface area contributed by atoms with Crippen LogP contribution in [0.15, 0.2) is 22.7 Å². The Morgan fingerprint density at radius 2 is 2.29 bits per heavy atom. The predicted octanol–water partition coefficient (Wildman–Crippen LogP) is 2.13. The molecule has 0 aliphatic carbocycles. The van der Waals surface area contributed by atoms with Gasteiger partial charge in [-0.25, -0.2) is 10.2 Å². The standard InChI is InChI=1S/C11H14BrFN2O2/c1-7(2-3-11(16)15-14)17-10-5-8(12)4-9(13)6-10/h4-7H,2-3,14H2,1H3,(H,15,16). The molecule has 0 radical (unpaired) electrons. The fourth-order valence-electron chi connectivity index (χ4n) is 1.29. The monoisotopic (exact) mass is 304 g/mol. The second-order valence-electron chi connectivity index (χ2n) is 3.64. The lowest BCUT2D eigenvalue weighted by molar-refractivity contribution is -0.121. The Balaban J connectivity index is 2.50. The molecule has 0 bridgehead atoms. The van der Waals surface area contributed by atoms with Crippen LogP contribution in [0.4, 0.5) is 4.39 Å². The highest BCUT2D eigenvalue weighted by molar-refractivity contribution is 9.10. The SMILES string of the molecule is CC(CCC(=O)NN)Oc1cc(F)cc(Br)c1. The molecule has 0 aliphatic heterocycles. The van der Waals surface area contributed by atoms with Crippen LogP contribution in [0.25, 0.3) is 0 Å². The lowest BCUT2D eigenvalue weighted by Gasteiger charge is -2.14. The maximum absolute atomic E-state index is 13.1. The summed E-state index contributed by atoms with van der Waals surface area (Å²) in [5.74, 6) is 4.76. The van der Waals surface area contributed by atoms with Crippen LogP contribution in [0.3, 0.4) is 0 Å². The fourth-order valence-corrected chi connectivity index (χ4v) is 1.74. The number of hydrogen-bond acceptors (Lipinski definition) is 3. The molecule has 1 amide bonds. The number of halogens is 2. The Kier molecular flexibility index (Phi) is 5.37. The summed E-state index contributed by atoms with van der Waals surface area (Å²) >= 11 is 3.18. The van der Waals surface area contributed by atoms with Crippen LogP contribution >= 0.6 is 15.9 Å². The third-order valence-corrected chi connectivity index (χ3v) is 2.57. The van der Waals surface area contributed by atoms with Gasteiger partial charge in [-0.1, -0.05) is 15.9 Å². The van der Waals surface area contributed by atoms with Crippen molar-refractivity contribution in [2.45, 2.75) is 25.9 Å². The predicted molar refractivity (Wildman–Crippen MR) is 65.8 cm³/mol. The number of amides is 1. The number of rotatable bonds is 5. The van der Waals surface area contributed by atoms with Crippen LogP contribution in [0.1, 0.15) is 19.8 Å². The fraction of sp³-hybridized carbons (Fsp3) is 0.364. The van der Waals surface area contributed by atoms with Crippen molar-refractivity contribution >= 4 is 21.8 Å². The Labute approximate surface area is 107 Å². The number of nitrogens with two attached hydrogens (primary N) is 1. The van der Waals surface area contributed by atoms with E-state index in [1.807, 2.05) is 12.3 Å². The molecule has 1 aromatic rings. The van der Waals surface area contributed by atoms with E-state index in [9.17, 15) is 9.18 Å². The minimum atomic E-state index is -0.374. The number of carbonyl (C=O) groups is 1. The van der Waals surface area contributed by atoms with Crippen LogP contribution in [0, 0.1) is 5.82 Å². The van der Waals surface area contributed by atoms with Crippen LogP contribution in [-0.2, 0) is 4.79 Å². The number of hydrazine groups is 1. The summed E-state index contributed by atoms with van der Waals surface area (Å²) in [4.78, 5) is 10.9. The lowest BCUT2D eigenvalue weighted by Crippen LogP contribution is -2.30. The van der Waals surface area contributed by atoms with E-state index in [1.54, 1.807) is 6.07 Å². The van der Waals surface area contributed by atoms with Gasteiger partial charge in [-0.15, -0.1) is 0 Å².